The van der Waals surface area contributed by atoms with E-state index in [0.717, 1.165) is 36.5 Å². The Morgan fingerprint density at radius 1 is 1.25 bits per heavy atom. The van der Waals surface area contributed by atoms with Gasteiger partial charge in [0.05, 0.1) is 17.6 Å². The zero-order valence-electron chi connectivity index (χ0n) is 12.4. The van der Waals surface area contributed by atoms with E-state index in [1.165, 1.54) is 12.8 Å². The standard InChI is InChI=1S/C16H24N4/c1-3-12-10-20(13(4-2)9-17-12)11-16-18-14-7-5-6-8-15(14)19-16/h5-8,12-13,17H,3-4,9-11H2,1-2H3,(H,18,19). The Balaban J connectivity index is 1.76. The number of hydrogen-bond acceptors (Lipinski definition) is 3. The summed E-state index contributed by atoms with van der Waals surface area (Å²) in [5.74, 6) is 1.08. The summed E-state index contributed by atoms with van der Waals surface area (Å²) >= 11 is 0. The molecule has 1 aromatic carbocycles. The third-order valence-corrected chi connectivity index (χ3v) is 4.37. The lowest BCUT2D eigenvalue weighted by Crippen LogP contribution is -2.55. The van der Waals surface area contributed by atoms with Crippen LogP contribution in [-0.2, 0) is 6.54 Å². The predicted molar refractivity (Wildman–Crippen MR) is 82.7 cm³/mol. The van der Waals surface area contributed by atoms with Gasteiger partial charge in [-0.25, -0.2) is 4.98 Å². The molecule has 2 N–H and O–H groups in total. The minimum atomic E-state index is 0.613. The van der Waals surface area contributed by atoms with E-state index < -0.39 is 0 Å². The van der Waals surface area contributed by atoms with E-state index in [4.69, 9.17) is 4.98 Å². The maximum Gasteiger partial charge on any atom is 0.121 e. The molecule has 4 heteroatoms. The Kier molecular flexibility index (Phi) is 4.03. The number of H-pyrrole nitrogens is 1. The predicted octanol–water partition coefficient (Wildman–Crippen LogP) is 2.53. The van der Waals surface area contributed by atoms with E-state index >= 15 is 0 Å². The average molecular weight is 272 g/mol. The zero-order chi connectivity index (χ0) is 13.9. The highest BCUT2D eigenvalue weighted by atomic mass is 15.2. The second-order valence-electron chi connectivity index (χ2n) is 5.71. The van der Waals surface area contributed by atoms with Gasteiger partial charge in [0.1, 0.15) is 5.82 Å². The molecule has 2 unspecified atom stereocenters. The molecule has 1 aliphatic rings. The maximum atomic E-state index is 4.71. The van der Waals surface area contributed by atoms with Crippen molar-refractivity contribution in [2.75, 3.05) is 13.1 Å². The summed E-state index contributed by atoms with van der Waals surface area (Å²) in [5, 5.41) is 3.64. The van der Waals surface area contributed by atoms with Crippen molar-refractivity contribution in [3.05, 3.63) is 30.1 Å². The van der Waals surface area contributed by atoms with Gasteiger partial charge in [0.15, 0.2) is 0 Å². The number of piperazine rings is 1. The summed E-state index contributed by atoms with van der Waals surface area (Å²) in [6.07, 6.45) is 2.37. The minimum absolute atomic E-state index is 0.613. The molecule has 0 bridgehead atoms. The van der Waals surface area contributed by atoms with Crippen LogP contribution in [0.2, 0.25) is 0 Å². The first-order valence-electron chi connectivity index (χ1n) is 7.71. The van der Waals surface area contributed by atoms with Crippen LogP contribution < -0.4 is 5.32 Å². The molecule has 3 rings (SSSR count). The fourth-order valence-electron chi connectivity index (χ4n) is 3.07. The fourth-order valence-corrected chi connectivity index (χ4v) is 3.07. The van der Waals surface area contributed by atoms with Crippen molar-refractivity contribution in [2.45, 2.75) is 45.3 Å². The summed E-state index contributed by atoms with van der Waals surface area (Å²) in [6.45, 7) is 7.65. The highest BCUT2D eigenvalue weighted by Crippen LogP contribution is 2.17. The van der Waals surface area contributed by atoms with Crippen LogP contribution in [0.4, 0.5) is 0 Å². The summed E-state index contributed by atoms with van der Waals surface area (Å²) < 4.78 is 0. The molecule has 4 nitrogen and oxygen atoms in total. The van der Waals surface area contributed by atoms with Gasteiger partial charge >= 0.3 is 0 Å². The van der Waals surface area contributed by atoms with Crippen LogP contribution in [0.1, 0.15) is 32.5 Å². The van der Waals surface area contributed by atoms with Crippen molar-refractivity contribution >= 4 is 11.0 Å². The lowest BCUT2D eigenvalue weighted by molar-refractivity contribution is 0.115. The van der Waals surface area contributed by atoms with Gasteiger partial charge in [0.2, 0.25) is 0 Å². The van der Waals surface area contributed by atoms with E-state index in [9.17, 15) is 0 Å². The smallest absolute Gasteiger partial charge is 0.121 e. The first kappa shape index (κ1) is 13.6. The molecule has 2 aromatic rings. The first-order valence-corrected chi connectivity index (χ1v) is 7.71. The molecule has 1 fully saturated rings. The molecule has 0 saturated carbocycles. The van der Waals surface area contributed by atoms with Gasteiger partial charge in [-0.3, -0.25) is 4.90 Å². The van der Waals surface area contributed by atoms with Gasteiger partial charge in [0.25, 0.3) is 0 Å². The molecule has 2 heterocycles. The first-order chi connectivity index (χ1) is 9.80. The molecule has 0 spiro atoms. The van der Waals surface area contributed by atoms with Crippen molar-refractivity contribution in [1.29, 1.82) is 0 Å². The summed E-state index contributed by atoms with van der Waals surface area (Å²) in [4.78, 5) is 10.7. The van der Waals surface area contributed by atoms with E-state index in [1.807, 2.05) is 6.07 Å². The van der Waals surface area contributed by atoms with Gasteiger partial charge in [-0.15, -0.1) is 0 Å². The molecule has 1 aliphatic heterocycles. The van der Waals surface area contributed by atoms with Crippen molar-refractivity contribution < 1.29 is 0 Å². The number of benzene rings is 1. The number of hydrogen-bond donors (Lipinski definition) is 2. The SMILES string of the molecule is CCC1CN(Cc2nc3ccccc3[nH]2)C(CC)CN1. The Morgan fingerprint density at radius 2 is 2.10 bits per heavy atom. The second kappa shape index (κ2) is 5.94. The number of aromatic amines is 1. The average Bonchev–Trinajstić information content (AvgIpc) is 2.89. The number of fused-ring (bicyclic) bond motifs is 1. The van der Waals surface area contributed by atoms with Crippen LogP contribution in [0, 0.1) is 0 Å². The van der Waals surface area contributed by atoms with E-state index in [2.05, 4.69) is 47.2 Å². The van der Waals surface area contributed by atoms with Crippen LogP contribution in [0.25, 0.3) is 11.0 Å². The Bertz CT molecular complexity index is 529. The highest BCUT2D eigenvalue weighted by Gasteiger charge is 2.26. The number of imidazole rings is 1. The van der Waals surface area contributed by atoms with E-state index in [-0.39, 0.29) is 0 Å². The zero-order valence-corrected chi connectivity index (χ0v) is 12.4. The van der Waals surface area contributed by atoms with Gasteiger partial charge in [-0.2, -0.15) is 0 Å². The Hall–Kier alpha value is -1.39. The number of nitrogens with one attached hydrogen (secondary N) is 2. The van der Waals surface area contributed by atoms with Gasteiger partial charge in [-0.05, 0) is 25.0 Å². The van der Waals surface area contributed by atoms with E-state index in [0.29, 0.717) is 12.1 Å². The molecule has 0 amide bonds. The minimum Gasteiger partial charge on any atom is -0.341 e. The molecule has 0 aliphatic carbocycles. The van der Waals surface area contributed by atoms with Crippen molar-refractivity contribution in [3.8, 4) is 0 Å². The van der Waals surface area contributed by atoms with Crippen LogP contribution in [0.3, 0.4) is 0 Å². The number of rotatable bonds is 4. The molecule has 108 valence electrons. The van der Waals surface area contributed by atoms with Crippen LogP contribution in [0.15, 0.2) is 24.3 Å². The van der Waals surface area contributed by atoms with Gasteiger partial charge in [0, 0.05) is 25.2 Å². The summed E-state index contributed by atoms with van der Waals surface area (Å²) in [7, 11) is 0. The highest BCUT2D eigenvalue weighted by molar-refractivity contribution is 5.74. The molecular formula is C16H24N4. The van der Waals surface area contributed by atoms with Crippen LogP contribution in [0.5, 0.6) is 0 Å². The molecule has 20 heavy (non-hydrogen) atoms. The van der Waals surface area contributed by atoms with E-state index in [1.54, 1.807) is 0 Å². The largest absolute Gasteiger partial charge is 0.341 e. The number of nitrogens with zero attached hydrogens (tertiary/aromatic N) is 2. The fraction of sp³-hybridized carbons (Fsp3) is 0.562. The molecule has 0 radical (unpaired) electrons. The van der Waals surface area contributed by atoms with Crippen molar-refractivity contribution in [3.63, 3.8) is 0 Å². The third-order valence-electron chi connectivity index (χ3n) is 4.37. The second-order valence-corrected chi connectivity index (χ2v) is 5.71. The van der Waals surface area contributed by atoms with Crippen molar-refractivity contribution in [1.82, 2.24) is 20.2 Å². The number of para-hydroxylation sites is 2. The molecule has 1 saturated heterocycles. The Morgan fingerprint density at radius 3 is 2.85 bits per heavy atom. The topological polar surface area (TPSA) is 44.0 Å². The van der Waals surface area contributed by atoms with Crippen LogP contribution in [-0.4, -0.2) is 40.0 Å². The normalized spacial score (nSPS) is 24.3. The summed E-state index contributed by atoms with van der Waals surface area (Å²) in [6, 6.07) is 9.49. The third kappa shape index (κ3) is 2.72. The molecule has 1 aromatic heterocycles. The quantitative estimate of drug-likeness (QED) is 0.899. The maximum absolute atomic E-state index is 4.71. The van der Waals surface area contributed by atoms with Crippen molar-refractivity contribution in [2.24, 2.45) is 0 Å². The lowest BCUT2D eigenvalue weighted by atomic mass is 10.1. The molecule has 2 atom stereocenters. The van der Waals surface area contributed by atoms with Crippen LogP contribution >= 0.6 is 0 Å². The number of aromatic nitrogens is 2. The monoisotopic (exact) mass is 272 g/mol. The Labute approximate surface area is 120 Å². The molecular weight excluding hydrogens is 248 g/mol. The lowest BCUT2D eigenvalue weighted by Gasteiger charge is -2.39. The van der Waals surface area contributed by atoms with Gasteiger partial charge < -0.3 is 10.3 Å². The summed E-state index contributed by atoms with van der Waals surface area (Å²) in [5.41, 5.74) is 2.20. The van der Waals surface area contributed by atoms with Gasteiger partial charge in [-0.1, -0.05) is 26.0 Å².